The third kappa shape index (κ3) is 4.59. The molecular weight excluding hydrogens is 296 g/mol. The van der Waals surface area contributed by atoms with Gasteiger partial charge in [0.1, 0.15) is 6.61 Å². The number of hydrogen-bond acceptors (Lipinski definition) is 2. The van der Waals surface area contributed by atoms with Gasteiger partial charge in [-0.1, -0.05) is 69.7 Å². The summed E-state index contributed by atoms with van der Waals surface area (Å²) < 4.78 is 5.59. The van der Waals surface area contributed by atoms with Crippen LogP contribution in [0.2, 0.25) is 0 Å². The number of rotatable bonds is 6. The van der Waals surface area contributed by atoms with E-state index >= 15 is 0 Å². The summed E-state index contributed by atoms with van der Waals surface area (Å²) in [5, 5.41) is 0. The normalized spacial score (nSPS) is 21.8. The molecule has 0 unspecified atom stereocenters. The van der Waals surface area contributed by atoms with Crippen LogP contribution in [0.4, 0.5) is 0 Å². The topological polar surface area (TPSA) is 26.3 Å². The van der Waals surface area contributed by atoms with Crippen LogP contribution in [0, 0.1) is 23.2 Å². The van der Waals surface area contributed by atoms with Crippen molar-refractivity contribution in [3.8, 4) is 0 Å². The van der Waals surface area contributed by atoms with E-state index in [4.69, 9.17) is 4.74 Å². The van der Waals surface area contributed by atoms with Crippen LogP contribution < -0.4 is 0 Å². The summed E-state index contributed by atoms with van der Waals surface area (Å²) in [4.78, 5) is 12.4. The van der Waals surface area contributed by atoms with Gasteiger partial charge in [-0.25, -0.2) is 0 Å². The first-order valence-electron chi connectivity index (χ1n) is 8.80. The Morgan fingerprint density at radius 3 is 2.62 bits per heavy atom. The Hall–Kier alpha value is -1.83. The second-order valence-electron chi connectivity index (χ2n) is 8.02. The SMILES string of the molecule is CC(C)=C[C@@H]1[C@@H](C(=O)OCc2cccc(/C=C\C(C)C)c2)C1(C)C. The van der Waals surface area contributed by atoms with Crippen molar-refractivity contribution in [3.05, 3.63) is 53.1 Å². The smallest absolute Gasteiger partial charge is 0.310 e. The first-order valence-corrected chi connectivity index (χ1v) is 8.80. The molecule has 0 saturated heterocycles. The zero-order valence-electron chi connectivity index (χ0n) is 15.8. The summed E-state index contributed by atoms with van der Waals surface area (Å²) in [6, 6.07) is 8.17. The molecule has 1 saturated carbocycles. The lowest BCUT2D eigenvalue weighted by molar-refractivity contribution is -0.147. The van der Waals surface area contributed by atoms with Crippen LogP contribution in [0.25, 0.3) is 6.08 Å². The molecule has 24 heavy (non-hydrogen) atoms. The molecule has 2 atom stereocenters. The number of hydrogen-bond donors (Lipinski definition) is 0. The van der Waals surface area contributed by atoms with E-state index in [2.05, 4.69) is 71.9 Å². The van der Waals surface area contributed by atoms with Gasteiger partial charge < -0.3 is 4.74 Å². The summed E-state index contributed by atoms with van der Waals surface area (Å²) in [5.74, 6) is 0.730. The molecule has 1 aliphatic carbocycles. The first kappa shape index (κ1) is 18.5. The molecule has 1 aromatic carbocycles. The standard InChI is InChI=1S/C22H30O2/c1-15(2)10-11-17-8-7-9-18(13-17)14-24-21(23)20-19(12-16(3)4)22(20,5)6/h7-13,15,19-20H,14H2,1-6H3/b11-10-/t19-,20+/m1/s1. The lowest BCUT2D eigenvalue weighted by Crippen LogP contribution is -2.10. The summed E-state index contributed by atoms with van der Waals surface area (Å²) in [6.07, 6.45) is 6.48. The second kappa shape index (κ2) is 7.38. The van der Waals surface area contributed by atoms with E-state index in [-0.39, 0.29) is 17.3 Å². The minimum Gasteiger partial charge on any atom is -0.461 e. The maximum absolute atomic E-state index is 12.4. The van der Waals surface area contributed by atoms with Crippen LogP contribution in [0.5, 0.6) is 0 Å². The number of carbonyl (C=O) groups is 1. The number of benzene rings is 1. The highest BCUT2D eigenvalue weighted by Crippen LogP contribution is 2.59. The average molecular weight is 326 g/mol. The highest BCUT2D eigenvalue weighted by Gasteiger charge is 2.61. The van der Waals surface area contributed by atoms with Gasteiger partial charge in [0.25, 0.3) is 0 Å². The Labute approximate surface area is 146 Å². The van der Waals surface area contributed by atoms with Crippen molar-refractivity contribution >= 4 is 12.0 Å². The molecule has 2 rings (SSSR count). The Morgan fingerprint density at radius 2 is 2.00 bits per heavy atom. The molecule has 1 aliphatic rings. The van der Waals surface area contributed by atoms with Gasteiger partial charge in [0, 0.05) is 0 Å². The van der Waals surface area contributed by atoms with Crippen molar-refractivity contribution in [1.82, 2.24) is 0 Å². The van der Waals surface area contributed by atoms with E-state index in [1.807, 2.05) is 12.1 Å². The summed E-state index contributed by atoms with van der Waals surface area (Å²) in [6.45, 7) is 13.1. The van der Waals surface area contributed by atoms with E-state index in [0.29, 0.717) is 18.4 Å². The molecule has 0 N–H and O–H groups in total. The van der Waals surface area contributed by atoms with Gasteiger partial charge in [-0.15, -0.1) is 0 Å². The molecule has 0 spiro atoms. The molecule has 0 aromatic heterocycles. The minimum atomic E-state index is -0.0781. The van der Waals surface area contributed by atoms with Gasteiger partial charge in [0.15, 0.2) is 0 Å². The zero-order valence-corrected chi connectivity index (χ0v) is 15.8. The van der Waals surface area contributed by atoms with Gasteiger partial charge in [0.2, 0.25) is 0 Å². The molecule has 2 nitrogen and oxygen atoms in total. The summed E-state index contributed by atoms with van der Waals surface area (Å²) >= 11 is 0. The van der Waals surface area contributed by atoms with Crippen molar-refractivity contribution in [3.63, 3.8) is 0 Å². The van der Waals surface area contributed by atoms with Gasteiger partial charge in [0.05, 0.1) is 5.92 Å². The maximum Gasteiger partial charge on any atom is 0.310 e. The van der Waals surface area contributed by atoms with Gasteiger partial charge in [-0.3, -0.25) is 4.79 Å². The van der Waals surface area contributed by atoms with Crippen molar-refractivity contribution < 1.29 is 9.53 Å². The number of carbonyl (C=O) groups excluding carboxylic acids is 1. The van der Waals surface area contributed by atoms with Crippen molar-refractivity contribution in [2.24, 2.45) is 23.2 Å². The van der Waals surface area contributed by atoms with E-state index in [1.54, 1.807) is 0 Å². The van der Waals surface area contributed by atoms with Crippen LogP contribution in [-0.4, -0.2) is 5.97 Å². The van der Waals surface area contributed by atoms with E-state index in [1.165, 1.54) is 5.57 Å². The molecule has 0 radical (unpaired) electrons. The summed E-state index contributed by atoms with van der Waals surface area (Å²) in [7, 11) is 0. The average Bonchev–Trinajstić information content (AvgIpc) is 3.03. The Morgan fingerprint density at radius 1 is 1.29 bits per heavy atom. The summed E-state index contributed by atoms with van der Waals surface area (Å²) in [5.41, 5.74) is 3.45. The van der Waals surface area contributed by atoms with Crippen LogP contribution in [0.1, 0.15) is 52.7 Å². The maximum atomic E-state index is 12.4. The highest BCUT2D eigenvalue weighted by atomic mass is 16.5. The molecule has 1 aromatic rings. The molecular formula is C22H30O2. The van der Waals surface area contributed by atoms with E-state index in [0.717, 1.165) is 11.1 Å². The highest BCUT2D eigenvalue weighted by molar-refractivity contribution is 5.78. The molecule has 0 amide bonds. The molecule has 130 valence electrons. The van der Waals surface area contributed by atoms with Crippen LogP contribution in [0.15, 0.2) is 42.0 Å². The molecule has 0 aliphatic heterocycles. The van der Waals surface area contributed by atoms with Crippen molar-refractivity contribution in [2.45, 2.75) is 48.1 Å². The predicted octanol–water partition coefficient (Wildman–Crippen LogP) is 5.64. The zero-order chi connectivity index (χ0) is 17.9. The Kier molecular flexibility index (Phi) is 5.69. The largest absolute Gasteiger partial charge is 0.461 e. The number of ether oxygens (including phenoxy) is 1. The lowest BCUT2D eigenvalue weighted by atomic mass is 10.1. The molecule has 0 heterocycles. The fourth-order valence-corrected chi connectivity index (χ4v) is 3.13. The van der Waals surface area contributed by atoms with Crippen LogP contribution in [-0.2, 0) is 16.1 Å². The molecule has 0 bridgehead atoms. The van der Waals surface area contributed by atoms with Crippen molar-refractivity contribution in [1.29, 1.82) is 0 Å². The quantitative estimate of drug-likeness (QED) is 0.499. The second-order valence-corrected chi connectivity index (χ2v) is 8.02. The van der Waals surface area contributed by atoms with Gasteiger partial charge in [-0.2, -0.15) is 0 Å². The van der Waals surface area contributed by atoms with Crippen LogP contribution in [0.3, 0.4) is 0 Å². The lowest BCUT2D eigenvalue weighted by Gasteiger charge is -2.07. The van der Waals surface area contributed by atoms with Crippen molar-refractivity contribution in [2.75, 3.05) is 0 Å². The van der Waals surface area contributed by atoms with Gasteiger partial charge in [-0.05, 0) is 48.3 Å². The molecule has 2 heteroatoms. The number of esters is 1. The minimum absolute atomic E-state index is 0.0101. The first-order chi connectivity index (χ1) is 11.2. The third-order valence-corrected chi connectivity index (χ3v) is 4.68. The number of allylic oxidation sites excluding steroid dienone is 3. The fraction of sp³-hybridized carbons (Fsp3) is 0.500. The third-order valence-electron chi connectivity index (χ3n) is 4.68. The van der Waals surface area contributed by atoms with Gasteiger partial charge >= 0.3 is 5.97 Å². The molecule has 1 fully saturated rings. The van der Waals surface area contributed by atoms with E-state index < -0.39 is 0 Å². The fourth-order valence-electron chi connectivity index (χ4n) is 3.13. The monoisotopic (exact) mass is 326 g/mol. The Bertz CT molecular complexity index is 646. The Balaban J connectivity index is 1.95. The predicted molar refractivity (Wildman–Crippen MR) is 100 cm³/mol. The van der Waals surface area contributed by atoms with Crippen LogP contribution >= 0.6 is 0 Å². The van der Waals surface area contributed by atoms with E-state index in [9.17, 15) is 4.79 Å².